The van der Waals surface area contributed by atoms with Crippen LogP contribution in [-0.2, 0) is 14.3 Å². The van der Waals surface area contributed by atoms with Crippen molar-refractivity contribution in [3.05, 3.63) is 0 Å². The molecule has 0 aliphatic rings. The van der Waals surface area contributed by atoms with Gasteiger partial charge in [-0.05, 0) is 20.9 Å². The maximum atomic E-state index is 11.5. The van der Waals surface area contributed by atoms with Gasteiger partial charge in [-0.1, -0.05) is 0 Å². The molecule has 0 rings (SSSR count). The molecule has 2 unspecified atom stereocenters. The number of hydrogen-bond donors (Lipinski definition) is 2. The number of amides is 1. The summed E-state index contributed by atoms with van der Waals surface area (Å²) in [5.74, 6) is -0.364. The molecule has 0 aromatic heterocycles. The number of nitrogens with zero attached hydrogens (tertiary/aromatic N) is 1. The lowest BCUT2D eigenvalue weighted by atomic mass is 10.0. The van der Waals surface area contributed by atoms with Crippen LogP contribution < -0.4 is 11.1 Å². The van der Waals surface area contributed by atoms with E-state index in [1.807, 2.05) is 0 Å². The molecule has 6 heteroatoms. The second kappa shape index (κ2) is 8.42. The summed E-state index contributed by atoms with van der Waals surface area (Å²) in [6, 6.07) is 0.192. The smallest absolute Gasteiger partial charge is 0.238 e. The fourth-order valence-corrected chi connectivity index (χ4v) is 1.70. The van der Waals surface area contributed by atoms with Crippen LogP contribution in [0.25, 0.3) is 0 Å². The molecule has 0 radical (unpaired) electrons. The average molecular weight is 261 g/mol. The van der Waals surface area contributed by atoms with Gasteiger partial charge >= 0.3 is 0 Å². The van der Waals surface area contributed by atoms with Crippen molar-refractivity contribution in [3.63, 3.8) is 0 Å². The number of rotatable bonds is 10. The molecular formula is C12H27N3O3. The van der Waals surface area contributed by atoms with E-state index in [1.54, 1.807) is 28.2 Å². The molecule has 0 saturated carbocycles. The van der Waals surface area contributed by atoms with E-state index in [0.29, 0.717) is 19.8 Å². The van der Waals surface area contributed by atoms with E-state index in [0.717, 1.165) is 6.54 Å². The first-order valence-electron chi connectivity index (χ1n) is 6.12. The Morgan fingerprint density at radius 3 is 2.44 bits per heavy atom. The first kappa shape index (κ1) is 17.3. The second-order valence-electron chi connectivity index (χ2n) is 4.71. The lowest BCUT2D eigenvalue weighted by molar-refractivity contribution is -0.124. The molecule has 0 fully saturated rings. The normalized spacial score (nSPS) is 16.6. The number of nitrogens with one attached hydrogen (secondary N) is 1. The first-order chi connectivity index (χ1) is 8.41. The van der Waals surface area contributed by atoms with E-state index >= 15 is 0 Å². The molecule has 0 spiro atoms. The standard InChI is InChI=1S/C12H27N3O3/c1-10(8-18-5)15(6-7-17-4)9-12(2,14-3)11(13)16/h10,14H,6-9H2,1-5H3,(H2,13,16). The molecule has 18 heavy (non-hydrogen) atoms. The molecule has 1 amide bonds. The van der Waals surface area contributed by atoms with E-state index < -0.39 is 5.54 Å². The maximum absolute atomic E-state index is 11.5. The van der Waals surface area contributed by atoms with E-state index in [2.05, 4.69) is 17.1 Å². The van der Waals surface area contributed by atoms with E-state index in [1.165, 1.54) is 0 Å². The zero-order chi connectivity index (χ0) is 14.2. The minimum Gasteiger partial charge on any atom is -0.383 e. The van der Waals surface area contributed by atoms with Gasteiger partial charge in [0.25, 0.3) is 0 Å². The third-order valence-electron chi connectivity index (χ3n) is 3.23. The summed E-state index contributed by atoms with van der Waals surface area (Å²) in [4.78, 5) is 13.6. The predicted molar refractivity (Wildman–Crippen MR) is 71.4 cm³/mol. The van der Waals surface area contributed by atoms with Crippen LogP contribution in [0.4, 0.5) is 0 Å². The van der Waals surface area contributed by atoms with Crippen LogP contribution in [0, 0.1) is 0 Å². The van der Waals surface area contributed by atoms with E-state index in [4.69, 9.17) is 15.2 Å². The Labute approximate surface area is 110 Å². The van der Waals surface area contributed by atoms with Crippen LogP contribution in [0.15, 0.2) is 0 Å². The number of ether oxygens (including phenoxy) is 2. The van der Waals surface area contributed by atoms with Crippen molar-refractivity contribution >= 4 is 5.91 Å². The Bertz CT molecular complexity index is 251. The van der Waals surface area contributed by atoms with Crippen molar-refractivity contribution in [2.24, 2.45) is 5.73 Å². The predicted octanol–water partition coefficient (Wildman–Crippen LogP) is -0.567. The van der Waals surface area contributed by atoms with Crippen molar-refractivity contribution in [2.45, 2.75) is 25.4 Å². The summed E-state index contributed by atoms with van der Waals surface area (Å²) in [6.07, 6.45) is 0. The monoisotopic (exact) mass is 261 g/mol. The number of carbonyl (C=O) groups excluding carboxylic acids is 1. The van der Waals surface area contributed by atoms with Gasteiger partial charge in [-0.3, -0.25) is 9.69 Å². The molecule has 0 aromatic rings. The number of nitrogens with two attached hydrogens (primary N) is 1. The summed E-state index contributed by atoms with van der Waals surface area (Å²) in [6.45, 7) is 6.30. The maximum Gasteiger partial charge on any atom is 0.238 e. The zero-order valence-electron chi connectivity index (χ0n) is 12.2. The Morgan fingerprint density at radius 2 is 2.06 bits per heavy atom. The third-order valence-corrected chi connectivity index (χ3v) is 3.23. The number of hydrogen-bond acceptors (Lipinski definition) is 5. The molecule has 6 nitrogen and oxygen atoms in total. The summed E-state index contributed by atoms with van der Waals surface area (Å²) in [5.41, 5.74) is 4.69. The second-order valence-corrected chi connectivity index (χ2v) is 4.71. The van der Waals surface area contributed by atoms with Crippen molar-refractivity contribution in [2.75, 3.05) is 47.6 Å². The highest BCUT2D eigenvalue weighted by Gasteiger charge is 2.32. The largest absolute Gasteiger partial charge is 0.383 e. The molecule has 0 heterocycles. The molecule has 0 aromatic carbocycles. The van der Waals surface area contributed by atoms with Gasteiger partial charge in [0.05, 0.1) is 13.2 Å². The van der Waals surface area contributed by atoms with Crippen LogP contribution >= 0.6 is 0 Å². The molecule has 108 valence electrons. The lowest BCUT2D eigenvalue weighted by Crippen LogP contribution is -2.60. The Kier molecular flexibility index (Phi) is 8.10. The summed E-state index contributed by atoms with van der Waals surface area (Å²) >= 11 is 0. The van der Waals surface area contributed by atoms with Crippen LogP contribution in [-0.4, -0.2) is 70.0 Å². The van der Waals surface area contributed by atoms with Gasteiger partial charge < -0.3 is 20.5 Å². The lowest BCUT2D eigenvalue weighted by Gasteiger charge is -2.36. The van der Waals surface area contributed by atoms with E-state index in [-0.39, 0.29) is 11.9 Å². The Balaban J connectivity index is 4.69. The van der Waals surface area contributed by atoms with Gasteiger partial charge in [0.1, 0.15) is 5.54 Å². The first-order valence-corrected chi connectivity index (χ1v) is 6.12. The van der Waals surface area contributed by atoms with Crippen molar-refractivity contribution in [1.29, 1.82) is 0 Å². The van der Waals surface area contributed by atoms with Gasteiger partial charge in [0, 0.05) is 33.4 Å². The average Bonchev–Trinajstić information content (AvgIpc) is 2.34. The number of methoxy groups -OCH3 is 2. The van der Waals surface area contributed by atoms with Gasteiger partial charge in [-0.15, -0.1) is 0 Å². The quantitative estimate of drug-likeness (QED) is 0.551. The number of likely N-dealkylation sites (N-methyl/N-ethyl adjacent to an activating group) is 1. The van der Waals surface area contributed by atoms with Gasteiger partial charge in [0.2, 0.25) is 5.91 Å². The van der Waals surface area contributed by atoms with Crippen LogP contribution in [0.3, 0.4) is 0 Å². The van der Waals surface area contributed by atoms with E-state index in [9.17, 15) is 4.79 Å². The summed E-state index contributed by atoms with van der Waals surface area (Å²) < 4.78 is 10.2. The highest BCUT2D eigenvalue weighted by atomic mass is 16.5. The molecule has 2 atom stereocenters. The fourth-order valence-electron chi connectivity index (χ4n) is 1.70. The molecular weight excluding hydrogens is 234 g/mol. The van der Waals surface area contributed by atoms with Crippen LogP contribution in [0.2, 0.25) is 0 Å². The minimum atomic E-state index is -0.754. The Hall–Kier alpha value is -0.690. The van der Waals surface area contributed by atoms with Crippen molar-refractivity contribution in [3.8, 4) is 0 Å². The van der Waals surface area contributed by atoms with Gasteiger partial charge in [-0.2, -0.15) is 0 Å². The molecule has 0 aliphatic carbocycles. The zero-order valence-corrected chi connectivity index (χ0v) is 12.2. The molecule has 0 saturated heterocycles. The molecule has 0 bridgehead atoms. The highest BCUT2D eigenvalue weighted by Crippen LogP contribution is 2.09. The highest BCUT2D eigenvalue weighted by molar-refractivity contribution is 5.84. The van der Waals surface area contributed by atoms with Gasteiger partial charge in [-0.25, -0.2) is 0 Å². The van der Waals surface area contributed by atoms with Gasteiger partial charge in [0.15, 0.2) is 0 Å². The Morgan fingerprint density at radius 1 is 1.44 bits per heavy atom. The topological polar surface area (TPSA) is 76.8 Å². The summed E-state index contributed by atoms with van der Waals surface area (Å²) in [5, 5.41) is 2.98. The fraction of sp³-hybridized carbons (Fsp3) is 0.917. The minimum absolute atomic E-state index is 0.192. The summed E-state index contributed by atoms with van der Waals surface area (Å²) in [7, 11) is 5.06. The van der Waals surface area contributed by atoms with Crippen LogP contribution in [0.5, 0.6) is 0 Å². The number of primary amides is 1. The molecule has 3 N–H and O–H groups in total. The molecule has 0 aliphatic heterocycles. The van der Waals surface area contributed by atoms with Crippen LogP contribution in [0.1, 0.15) is 13.8 Å². The number of carbonyl (C=O) groups is 1. The third kappa shape index (κ3) is 5.30. The van der Waals surface area contributed by atoms with Crippen molar-refractivity contribution in [1.82, 2.24) is 10.2 Å². The van der Waals surface area contributed by atoms with Crippen molar-refractivity contribution < 1.29 is 14.3 Å². The SMILES string of the molecule is CNC(C)(CN(CCOC)C(C)COC)C(N)=O.